The maximum atomic E-state index is 12.7. The lowest BCUT2D eigenvalue weighted by molar-refractivity contribution is -0.167. The van der Waals surface area contributed by atoms with Crippen molar-refractivity contribution in [2.24, 2.45) is 0 Å². The fraction of sp³-hybridized carbons (Fsp3) is 0.825. The maximum absolute atomic E-state index is 12.7. The van der Waals surface area contributed by atoms with E-state index in [-0.39, 0.29) is 31.1 Å². The van der Waals surface area contributed by atoms with Gasteiger partial charge in [-0.1, -0.05) is 288 Å². The zero-order valence-electron chi connectivity index (χ0n) is 46.1. The molecular formula is C63H114O6. The lowest BCUT2D eigenvalue weighted by Gasteiger charge is -2.18. The Labute approximate surface area is 428 Å². The Kier molecular flexibility index (Phi) is 55.7. The molecule has 0 heterocycles. The molecule has 0 rings (SSSR count). The van der Waals surface area contributed by atoms with Crippen LogP contribution in [0.1, 0.15) is 316 Å². The van der Waals surface area contributed by atoms with Gasteiger partial charge in [0.25, 0.3) is 0 Å². The van der Waals surface area contributed by atoms with Crippen molar-refractivity contribution in [1.82, 2.24) is 0 Å². The van der Waals surface area contributed by atoms with Crippen molar-refractivity contribution in [3.63, 3.8) is 0 Å². The van der Waals surface area contributed by atoms with E-state index in [9.17, 15) is 14.4 Å². The van der Waals surface area contributed by atoms with Gasteiger partial charge in [-0.25, -0.2) is 0 Å². The van der Waals surface area contributed by atoms with Gasteiger partial charge in [0, 0.05) is 19.3 Å². The minimum Gasteiger partial charge on any atom is -0.462 e. The van der Waals surface area contributed by atoms with E-state index in [4.69, 9.17) is 14.2 Å². The van der Waals surface area contributed by atoms with Crippen LogP contribution >= 0.6 is 0 Å². The second-order valence-corrected chi connectivity index (χ2v) is 20.2. The molecule has 0 aromatic carbocycles. The first-order valence-electron chi connectivity index (χ1n) is 30.1. The fourth-order valence-electron chi connectivity index (χ4n) is 8.85. The van der Waals surface area contributed by atoms with Crippen molar-refractivity contribution in [3.8, 4) is 0 Å². The fourth-order valence-corrected chi connectivity index (χ4v) is 8.85. The zero-order valence-corrected chi connectivity index (χ0v) is 46.1. The highest BCUT2D eigenvalue weighted by Gasteiger charge is 2.19. The zero-order chi connectivity index (χ0) is 50.0. The molecule has 0 amide bonds. The second-order valence-electron chi connectivity index (χ2n) is 20.2. The highest BCUT2D eigenvalue weighted by molar-refractivity contribution is 5.71. The van der Waals surface area contributed by atoms with Crippen molar-refractivity contribution < 1.29 is 28.6 Å². The summed E-state index contributed by atoms with van der Waals surface area (Å²) in [7, 11) is 0. The summed E-state index contributed by atoms with van der Waals surface area (Å²) in [5.41, 5.74) is 0. The Hall–Kier alpha value is -2.63. The number of carbonyl (C=O) groups is 3. The minimum atomic E-state index is -0.763. The third-order valence-electron chi connectivity index (χ3n) is 13.3. The van der Waals surface area contributed by atoms with Gasteiger partial charge in [0.05, 0.1) is 0 Å². The van der Waals surface area contributed by atoms with Crippen LogP contribution in [-0.4, -0.2) is 37.2 Å². The van der Waals surface area contributed by atoms with Crippen LogP contribution in [0.4, 0.5) is 0 Å². The predicted octanol–water partition coefficient (Wildman–Crippen LogP) is 20.2. The Balaban J connectivity index is 3.89. The number of esters is 3. The minimum absolute atomic E-state index is 0.0669. The topological polar surface area (TPSA) is 78.9 Å². The molecule has 0 aliphatic rings. The van der Waals surface area contributed by atoms with Gasteiger partial charge in [-0.3, -0.25) is 14.4 Å². The van der Waals surface area contributed by atoms with Crippen LogP contribution < -0.4 is 0 Å². The Morgan fingerprint density at radius 2 is 0.565 bits per heavy atom. The summed E-state index contributed by atoms with van der Waals surface area (Å²) < 4.78 is 16.7. The predicted molar refractivity (Wildman–Crippen MR) is 298 cm³/mol. The van der Waals surface area contributed by atoms with Crippen LogP contribution in [0.25, 0.3) is 0 Å². The molecule has 0 aromatic rings. The summed E-state index contributed by atoms with van der Waals surface area (Å²) in [6.45, 7) is 6.50. The molecular weight excluding hydrogens is 853 g/mol. The molecule has 6 heteroatoms. The first-order valence-corrected chi connectivity index (χ1v) is 30.1. The summed E-state index contributed by atoms with van der Waals surface area (Å²) in [6.07, 6.45) is 71.7. The van der Waals surface area contributed by atoms with Gasteiger partial charge in [-0.2, -0.15) is 0 Å². The van der Waals surface area contributed by atoms with E-state index in [1.54, 1.807) is 0 Å². The molecule has 0 aromatic heterocycles. The average molecular weight is 968 g/mol. The molecule has 0 saturated carbocycles. The number of hydrogen-bond donors (Lipinski definition) is 0. The Morgan fingerprint density at radius 3 is 0.884 bits per heavy atom. The van der Waals surface area contributed by atoms with Gasteiger partial charge in [0.2, 0.25) is 0 Å². The van der Waals surface area contributed by atoms with Gasteiger partial charge in [-0.15, -0.1) is 0 Å². The van der Waals surface area contributed by atoms with Crippen molar-refractivity contribution in [2.75, 3.05) is 13.2 Å². The summed E-state index contributed by atoms with van der Waals surface area (Å²) in [5.74, 6) is -0.861. The first kappa shape index (κ1) is 66.4. The highest BCUT2D eigenvalue weighted by atomic mass is 16.6. The molecule has 0 aliphatic heterocycles. The van der Waals surface area contributed by atoms with E-state index in [1.807, 2.05) is 0 Å². The van der Waals surface area contributed by atoms with Crippen molar-refractivity contribution in [2.45, 2.75) is 322 Å². The maximum Gasteiger partial charge on any atom is 0.306 e. The van der Waals surface area contributed by atoms with Gasteiger partial charge in [-0.05, 0) is 57.8 Å². The normalized spacial score (nSPS) is 12.3. The highest BCUT2D eigenvalue weighted by Crippen LogP contribution is 2.17. The van der Waals surface area contributed by atoms with Crippen LogP contribution in [0.15, 0.2) is 48.6 Å². The van der Waals surface area contributed by atoms with Gasteiger partial charge >= 0.3 is 17.9 Å². The van der Waals surface area contributed by atoms with Gasteiger partial charge in [0.15, 0.2) is 6.10 Å². The Bertz CT molecular complexity index is 1200. The van der Waals surface area contributed by atoms with Gasteiger partial charge < -0.3 is 14.2 Å². The molecule has 0 fully saturated rings. The van der Waals surface area contributed by atoms with Crippen LogP contribution in [0.2, 0.25) is 0 Å². The first-order chi connectivity index (χ1) is 34.0. The number of allylic oxidation sites excluding steroid dienone is 8. The van der Waals surface area contributed by atoms with Crippen LogP contribution in [0.5, 0.6) is 0 Å². The van der Waals surface area contributed by atoms with E-state index < -0.39 is 6.10 Å². The Morgan fingerprint density at radius 1 is 0.304 bits per heavy atom. The molecule has 0 spiro atoms. The SMILES string of the molecule is CC/C=C\C/C=C\C/C=C\C/C=C\CCCCCCCCCCCCCCCCCCCCCCC(=O)OCC(COC(=O)CCCCCCCC)OC(=O)CCCCCCCCCCCCCC. The van der Waals surface area contributed by atoms with Crippen LogP contribution in [-0.2, 0) is 28.6 Å². The summed E-state index contributed by atoms with van der Waals surface area (Å²) in [5, 5.41) is 0. The monoisotopic (exact) mass is 967 g/mol. The lowest BCUT2D eigenvalue weighted by atomic mass is 10.0. The summed E-state index contributed by atoms with van der Waals surface area (Å²) >= 11 is 0. The lowest BCUT2D eigenvalue weighted by Crippen LogP contribution is -2.30. The second kappa shape index (κ2) is 57.9. The number of hydrogen-bond acceptors (Lipinski definition) is 6. The van der Waals surface area contributed by atoms with Crippen molar-refractivity contribution in [1.29, 1.82) is 0 Å². The third-order valence-corrected chi connectivity index (χ3v) is 13.3. The molecule has 0 aliphatic carbocycles. The molecule has 1 unspecified atom stereocenters. The van der Waals surface area contributed by atoms with Crippen molar-refractivity contribution >= 4 is 17.9 Å². The van der Waals surface area contributed by atoms with E-state index >= 15 is 0 Å². The quantitative estimate of drug-likeness (QED) is 0.0262. The van der Waals surface area contributed by atoms with E-state index in [2.05, 4.69) is 69.4 Å². The summed E-state index contributed by atoms with van der Waals surface area (Å²) in [4.78, 5) is 37.8. The molecule has 402 valence electrons. The number of unbranched alkanes of at least 4 members (excludes halogenated alkanes) is 36. The largest absolute Gasteiger partial charge is 0.462 e. The smallest absolute Gasteiger partial charge is 0.306 e. The standard InChI is InChI=1S/C63H114O6/c1-4-7-10-13-16-18-20-22-23-24-25-26-27-28-29-30-31-32-33-34-35-36-37-38-39-40-41-42-44-45-47-50-53-56-62(65)68-59-60(58-67-61(64)55-52-49-15-12-9-6-3)69-63(66)57-54-51-48-46-43-21-19-17-14-11-8-5-2/h7,10,16,18,22-23,25-26,60H,4-6,8-9,11-15,17,19-21,24,27-59H2,1-3H3/b10-7-,18-16-,23-22-,26-25-. The van der Waals surface area contributed by atoms with E-state index in [1.165, 1.54) is 193 Å². The number of ether oxygens (including phenoxy) is 3. The van der Waals surface area contributed by atoms with E-state index in [0.29, 0.717) is 19.3 Å². The molecule has 69 heavy (non-hydrogen) atoms. The number of rotatable bonds is 55. The van der Waals surface area contributed by atoms with Crippen molar-refractivity contribution in [3.05, 3.63) is 48.6 Å². The molecule has 0 bridgehead atoms. The average Bonchev–Trinajstić information content (AvgIpc) is 3.35. The number of carbonyl (C=O) groups excluding carboxylic acids is 3. The van der Waals surface area contributed by atoms with Crippen LogP contribution in [0, 0.1) is 0 Å². The molecule has 0 saturated heterocycles. The molecule has 6 nitrogen and oxygen atoms in total. The molecule has 0 N–H and O–H groups in total. The third kappa shape index (κ3) is 56.2. The van der Waals surface area contributed by atoms with E-state index in [0.717, 1.165) is 83.5 Å². The van der Waals surface area contributed by atoms with Gasteiger partial charge in [0.1, 0.15) is 13.2 Å². The summed E-state index contributed by atoms with van der Waals surface area (Å²) in [6, 6.07) is 0. The molecule has 1 atom stereocenters. The van der Waals surface area contributed by atoms with Crippen LogP contribution in [0.3, 0.4) is 0 Å². The molecule has 0 radical (unpaired) electrons.